The summed E-state index contributed by atoms with van der Waals surface area (Å²) in [5.74, 6) is 1.64. The fourth-order valence-electron chi connectivity index (χ4n) is 3.34. The number of hydrogen-bond acceptors (Lipinski definition) is 5. The van der Waals surface area contributed by atoms with Gasteiger partial charge in [0.1, 0.15) is 24.3 Å². The summed E-state index contributed by atoms with van der Waals surface area (Å²) in [7, 11) is 3.19. The summed E-state index contributed by atoms with van der Waals surface area (Å²) in [4.78, 5) is 2.07. The highest BCUT2D eigenvalue weighted by molar-refractivity contribution is 6.30. The van der Waals surface area contributed by atoms with E-state index in [1.54, 1.807) is 50.6 Å². The number of benzene rings is 3. The lowest BCUT2D eigenvalue weighted by Gasteiger charge is -2.26. The second-order valence-electron chi connectivity index (χ2n) is 7.40. The van der Waals surface area contributed by atoms with Gasteiger partial charge in [-0.2, -0.15) is 0 Å². The van der Waals surface area contributed by atoms with Crippen LogP contribution in [0.1, 0.15) is 11.1 Å². The van der Waals surface area contributed by atoms with Crippen molar-refractivity contribution in [3.05, 3.63) is 88.7 Å². The molecule has 0 saturated carbocycles. The number of rotatable bonds is 11. The van der Waals surface area contributed by atoms with Gasteiger partial charge >= 0.3 is 0 Å². The van der Waals surface area contributed by atoms with Crippen LogP contribution in [-0.2, 0) is 13.1 Å². The summed E-state index contributed by atoms with van der Waals surface area (Å²) < 4.78 is 29.7. The minimum Gasteiger partial charge on any atom is -0.493 e. The van der Waals surface area contributed by atoms with Gasteiger partial charge in [0.25, 0.3) is 0 Å². The lowest BCUT2D eigenvalue weighted by Crippen LogP contribution is -2.35. The third-order valence-corrected chi connectivity index (χ3v) is 5.15. The maximum absolute atomic E-state index is 13.3. The molecule has 7 heteroatoms. The first-order valence-corrected chi connectivity index (χ1v) is 10.6. The van der Waals surface area contributed by atoms with Crippen LogP contribution in [0.2, 0.25) is 5.02 Å². The third kappa shape index (κ3) is 7.12. The molecule has 0 fully saturated rings. The zero-order chi connectivity index (χ0) is 22.9. The minimum absolute atomic E-state index is 0.132. The second kappa shape index (κ2) is 11.7. The predicted molar refractivity (Wildman–Crippen MR) is 123 cm³/mol. The molecule has 0 aliphatic rings. The molecule has 0 aliphatic heterocycles. The SMILES string of the molecule is COc1ccc(CN(Cc2ccc(F)cc2)C[C@H](O)COc2ccc(Cl)cc2)cc1OC. The monoisotopic (exact) mass is 459 g/mol. The maximum atomic E-state index is 13.3. The molecule has 0 spiro atoms. The van der Waals surface area contributed by atoms with Crippen LogP contribution < -0.4 is 14.2 Å². The molecule has 1 atom stereocenters. The van der Waals surface area contributed by atoms with Gasteiger partial charge in [0, 0.05) is 24.7 Å². The van der Waals surface area contributed by atoms with E-state index in [0.717, 1.165) is 11.1 Å². The molecule has 32 heavy (non-hydrogen) atoms. The van der Waals surface area contributed by atoms with Crippen LogP contribution in [0.5, 0.6) is 17.2 Å². The molecule has 0 bridgehead atoms. The minimum atomic E-state index is -0.730. The van der Waals surface area contributed by atoms with Crippen molar-refractivity contribution in [1.29, 1.82) is 0 Å². The second-order valence-corrected chi connectivity index (χ2v) is 7.84. The molecule has 5 nitrogen and oxygen atoms in total. The number of halogens is 2. The lowest BCUT2D eigenvalue weighted by atomic mass is 10.1. The Balaban J connectivity index is 1.69. The molecule has 3 aromatic carbocycles. The summed E-state index contributed by atoms with van der Waals surface area (Å²) in [5.41, 5.74) is 1.94. The molecule has 170 valence electrons. The van der Waals surface area contributed by atoms with Gasteiger partial charge in [0.15, 0.2) is 11.5 Å². The van der Waals surface area contributed by atoms with Crippen LogP contribution in [0.25, 0.3) is 0 Å². The van der Waals surface area contributed by atoms with E-state index in [2.05, 4.69) is 4.90 Å². The topological polar surface area (TPSA) is 51.2 Å². The van der Waals surface area contributed by atoms with Gasteiger partial charge in [-0.25, -0.2) is 4.39 Å². The van der Waals surface area contributed by atoms with E-state index in [4.69, 9.17) is 25.8 Å². The van der Waals surface area contributed by atoms with Crippen molar-refractivity contribution in [2.45, 2.75) is 19.2 Å². The van der Waals surface area contributed by atoms with Crippen molar-refractivity contribution in [1.82, 2.24) is 4.90 Å². The fraction of sp³-hybridized carbons (Fsp3) is 0.280. The standard InChI is InChI=1S/C25H27ClFNO4/c1-30-24-12-5-19(13-25(24)31-2)15-28(14-18-3-8-21(27)9-4-18)16-22(29)17-32-23-10-6-20(26)7-11-23/h3-13,22,29H,14-17H2,1-2H3/t22-/m0/s1. The maximum Gasteiger partial charge on any atom is 0.161 e. The number of methoxy groups -OCH3 is 2. The summed E-state index contributed by atoms with van der Waals surface area (Å²) >= 11 is 5.90. The van der Waals surface area contributed by atoms with Crippen molar-refractivity contribution < 1.29 is 23.7 Å². The number of aliphatic hydroxyl groups excluding tert-OH is 1. The van der Waals surface area contributed by atoms with E-state index < -0.39 is 6.10 Å². The Bertz CT molecular complexity index is 982. The number of nitrogens with zero attached hydrogens (tertiary/aromatic N) is 1. The average molecular weight is 460 g/mol. The number of aliphatic hydroxyl groups is 1. The molecule has 1 N–H and O–H groups in total. The molecule has 0 aromatic heterocycles. The normalized spacial score (nSPS) is 11.9. The van der Waals surface area contributed by atoms with Gasteiger partial charge in [-0.1, -0.05) is 29.8 Å². The van der Waals surface area contributed by atoms with Gasteiger partial charge in [-0.15, -0.1) is 0 Å². The summed E-state index contributed by atoms with van der Waals surface area (Å²) in [6.45, 7) is 1.58. The average Bonchev–Trinajstić information content (AvgIpc) is 2.80. The highest BCUT2D eigenvalue weighted by atomic mass is 35.5. The van der Waals surface area contributed by atoms with Crippen LogP contribution >= 0.6 is 11.6 Å². The molecule has 0 radical (unpaired) electrons. The van der Waals surface area contributed by atoms with Crippen LogP contribution in [0, 0.1) is 5.82 Å². The zero-order valence-corrected chi connectivity index (χ0v) is 18.9. The highest BCUT2D eigenvalue weighted by Crippen LogP contribution is 2.28. The largest absolute Gasteiger partial charge is 0.493 e. The Morgan fingerprint density at radius 1 is 0.875 bits per heavy atom. The Kier molecular flexibility index (Phi) is 8.73. The first-order valence-electron chi connectivity index (χ1n) is 10.2. The van der Waals surface area contributed by atoms with Crippen molar-refractivity contribution in [2.75, 3.05) is 27.4 Å². The van der Waals surface area contributed by atoms with E-state index in [1.807, 2.05) is 18.2 Å². The number of ether oxygens (including phenoxy) is 3. The zero-order valence-electron chi connectivity index (χ0n) is 18.1. The predicted octanol–water partition coefficient (Wildman–Crippen LogP) is 4.94. The highest BCUT2D eigenvalue weighted by Gasteiger charge is 2.15. The van der Waals surface area contributed by atoms with E-state index in [9.17, 15) is 9.50 Å². The Morgan fingerprint density at radius 3 is 2.16 bits per heavy atom. The van der Waals surface area contributed by atoms with Gasteiger partial charge in [0.05, 0.1) is 14.2 Å². The van der Waals surface area contributed by atoms with Gasteiger partial charge < -0.3 is 19.3 Å². The van der Waals surface area contributed by atoms with E-state index in [0.29, 0.717) is 41.9 Å². The van der Waals surface area contributed by atoms with Crippen LogP contribution in [0.15, 0.2) is 66.7 Å². The Labute approximate surface area is 192 Å². The van der Waals surface area contributed by atoms with Gasteiger partial charge in [-0.3, -0.25) is 4.90 Å². The van der Waals surface area contributed by atoms with Crippen molar-refractivity contribution >= 4 is 11.6 Å². The summed E-state index contributed by atoms with van der Waals surface area (Å²) in [6, 6.07) is 19.1. The van der Waals surface area contributed by atoms with Gasteiger partial charge in [-0.05, 0) is 59.7 Å². The van der Waals surface area contributed by atoms with Crippen molar-refractivity contribution in [3.63, 3.8) is 0 Å². The quantitative estimate of drug-likeness (QED) is 0.440. The molecule has 3 aromatic rings. The Morgan fingerprint density at radius 2 is 1.50 bits per heavy atom. The van der Waals surface area contributed by atoms with Crippen molar-refractivity contribution in [3.8, 4) is 17.2 Å². The molecular weight excluding hydrogens is 433 g/mol. The van der Waals surface area contributed by atoms with E-state index in [-0.39, 0.29) is 12.4 Å². The van der Waals surface area contributed by atoms with Crippen molar-refractivity contribution in [2.24, 2.45) is 0 Å². The molecule has 0 amide bonds. The molecular formula is C25H27ClFNO4. The number of hydrogen-bond donors (Lipinski definition) is 1. The van der Waals surface area contributed by atoms with Crippen LogP contribution in [0.3, 0.4) is 0 Å². The van der Waals surface area contributed by atoms with Crippen LogP contribution in [0.4, 0.5) is 4.39 Å². The smallest absolute Gasteiger partial charge is 0.161 e. The van der Waals surface area contributed by atoms with Crippen LogP contribution in [-0.4, -0.2) is 43.5 Å². The lowest BCUT2D eigenvalue weighted by molar-refractivity contribution is 0.0628. The molecule has 0 unspecified atom stereocenters. The first-order chi connectivity index (χ1) is 15.5. The van der Waals surface area contributed by atoms with Gasteiger partial charge in [0.2, 0.25) is 0 Å². The molecule has 0 heterocycles. The molecule has 0 aliphatic carbocycles. The summed E-state index contributed by atoms with van der Waals surface area (Å²) in [5, 5.41) is 11.2. The molecule has 0 saturated heterocycles. The summed E-state index contributed by atoms with van der Waals surface area (Å²) in [6.07, 6.45) is -0.730. The molecule has 3 rings (SSSR count). The fourth-order valence-corrected chi connectivity index (χ4v) is 3.47. The van der Waals surface area contributed by atoms with E-state index >= 15 is 0 Å². The Hall–Kier alpha value is -2.80. The van der Waals surface area contributed by atoms with E-state index in [1.165, 1.54) is 12.1 Å². The first kappa shape index (κ1) is 23.9. The third-order valence-electron chi connectivity index (χ3n) is 4.90.